The maximum Gasteiger partial charge on any atom is 0.262 e. The summed E-state index contributed by atoms with van der Waals surface area (Å²) in [4.78, 5) is 32.2. The molecule has 4 aromatic rings. The van der Waals surface area contributed by atoms with Gasteiger partial charge in [0.15, 0.2) is 5.65 Å². The van der Waals surface area contributed by atoms with Crippen LogP contribution >= 0.6 is 0 Å². The summed E-state index contributed by atoms with van der Waals surface area (Å²) >= 11 is 0. The molecule has 3 aromatic heterocycles. The zero-order valence-corrected chi connectivity index (χ0v) is 23.4. The molecule has 0 bridgehead atoms. The summed E-state index contributed by atoms with van der Waals surface area (Å²) in [5, 5.41) is 15.7. The second-order valence-electron chi connectivity index (χ2n) is 12.0. The zero-order chi connectivity index (χ0) is 28.0. The molecule has 1 spiro atoms. The number of aromatic nitrogens is 5. The van der Waals surface area contributed by atoms with Crippen LogP contribution in [0.1, 0.15) is 78.9 Å². The number of hydrogen-bond donors (Lipinski definition) is 2. The van der Waals surface area contributed by atoms with Crippen molar-refractivity contribution in [2.75, 3.05) is 18.4 Å². The molecule has 2 amide bonds. The Bertz CT molecular complexity index is 1570. The minimum Gasteiger partial charge on any atom is -0.351 e. The number of nitrogens with one attached hydrogen (secondary N) is 2. The van der Waals surface area contributed by atoms with Crippen LogP contribution in [0.3, 0.4) is 0 Å². The Hall–Kier alpha value is -4.05. The van der Waals surface area contributed by atoms with E-state index in [1.165, 1.54) is 5.56 Å². The van der Waals surface area contributed by atoms with Crippen molar-refractivity contribution in [1.82, 2.24) is 34.6 Å². The van der Waals surface area contributed by atoms with E-state index >= 15 is 0 Å². The number of likely N-dealkylation sites (tertiary alicyclic amines) is 1. The molecule has 10 nitrogen and oxygen atoms in total. The highest BCUT2D eigenvalue weighted by Gasteiger charge is 2.42. The van der Waals surface area contributed by atoms with Gasteiger partial charge in [-0.15, -0.1) is 0 Å². The molecule has 1 aromatic carbocycles. The van der Waals surface area contributed by atoms with Gasteiger partial charge in [0.1, 0.15) is 11.4 Å². The molecular formula is C31H36N8O2. The number of benzene rings is 1. The quantitative estimate of drug-likeness (QED) is 0.383. The first-order valence-corrected chi connectivity index (χ1v) is 14.8. The van der Waals surface area contributed by atoms with E-state index in [0.29, 0.717) is 35.4 Å². The van der Waals surface area contributed by atoms with Crippen LogP contribution in [0, 0.1) is 6.92 Å². The van der Waals surface area contributed by atoms with Crippen molar-refractivity contribution in [2.45, 2.75) is 75.8 Å². The first-order valence-electron chi connectivity index (χ1n) is 14.8. The molecule has 10 heteroatoms. The Morgan fingerprint density at radius 2 is 1.85 bits per heavy atom. The van der Waals surface area contributed by atoms with Crippen LogP contribution in [0.2, 0.25) is 0 Å². The normalized spacial score (nSPS) is 23.7. The lowest BCUT2D eigenvalue weighted by molar-refractivity contribution is -0.120. The second kappa shape index (κ2) is 10.4. The Kier molecular flexibility index (Phi) is 6.57. The van der Waals surface area contributed by atoms with Crippen molar-refractivity contribution in [1.29, 1.82) is 0 Å². The molecule has 5 heterocycles. The van der Waals surface area contributed by atoms with Crippen LogP contribution in [-0.4, -0.2) is 65.8 Å². The van der Waals surface area contributed by atoms with E-state index in [1.54, 1.807) is 29.2 Å². The number of anilines is 1. The predicted molar refractivity (Wildman–Crippen MR) is 155 cm³/mol. The molecule has 7 rings (SSSR count). The molecule has 2 saturated heterocycles. The average molecular weight is 553 g/mol. The number of nitrogens with zero attached hydrogens (tertiary/aromatic N) is 6. The summed E-state index contributed by atoms with van der Waals surface area (Å²) in [5.41, 5.74) is 4.08. The number of fused-ring (bicyclic) bond motifs is 1. The fraction of sp³-hybridized carbons (Fsp3) is 0.452. The number of aryl methyl sites for hydroxylation is 1. The fourth-order valence-electron chi connectivity index (χ4n) is 6.97. The van der Waals surface area contributed by atoms with E-state index in [1.807, 2.05) is 22.9 Å². The van der Waals surface area contributed by atoms with Crippen LogP contribution in [0.25, 0.3) is 11.3 Å². The topological polar surface area (TPSA) is 109 Å². The van der Waals surface area contributed by atoms with Crippen LogP contribution in [-0.2, 0) is 4.79 Å². The lowest BCUT2D eigenvalue weighted by Crippen LogP contribution is -2.50. The second-order valence-corrected chi connectivity index (χ2v) is 12.0. The third-order valence-electron chi connectivity index (χ3n) is 9.38. The highest BCUT2D eigenvalue weighted by Crippen LogP contribution is 2.39. The molecular weight excluding hydrogens is 516 g/mol. The lowest BCUT2D eigenvalue weighted by Gasteiger charge is -2.43. The van der Waals surface area contributed by atoms with Crippen molar-refractivity contribution < 1.29 is 9.59 Å². The smallest absolute Gasteiger partial charge is 0.262 e. The number of amides is 2. The molecule has 0 unspecified atom stereocenters. The molecule has 1 aliphatic carbocycles. The van der Waals surface area contributed by atoms with Crippen LogP contribution in [0.5, 0.6) is 0 Å². The molecule has 0 atom stereocenters. The first-order chi connectivity index (χ1) is 20.0. The van der Waals surface area contributed by atoms with Crippen molar-refractivity contribution in [2.24, 2.45) is 0 Å². The van der Waals surface area contributed by atoms with E-state index < -0.39 is 0 Å². The maximum atomic E-state index is 13.4. The number of carbonyl (C=O) groups excluding carboxylic acids is 2. The highest BCUT2D eigenvalue weighted by molar-refractivity contribution is 6.07. The van der Waals surface area contributed by atoms with Crippen molar-refractivity contribution in [3.05, 3.63) is 71.8 Å². The van der Waals surface area contributed by atoms with Crippen molar-refractivity contribution in [3.8, 4) is 5.69 Å². The standard InChI is InChI=1S/C31H36N8O2/c1-21-3-5-24(6-4-21)39-27(34-30(41)25-20-33-38-16-2-15-32-29(25)38)19-26(36-39)22-10-17-37(18-11-22)23-7-12-31(13-8-23)14-9-28(40)35-31/h2-6,15-16,19-20,22-23H,7-14,17-18H2,1H3,(H,34,41)(H,35,40). The van der Waals surface area contributed by atoms with Gasteiger partial charge in [0.05, 0.1) is 17.6 Å². The molecule has 0 radical (unpaired) electrons. The van der Waals surface area contributed by atoms with Gasteiger partial charge < -0.3 is 15.5 Å². The lowest BCUT2D eigenvalue weighted by atomic mass is 9.77. The third kappa shape index (κ3) is 5.01. The number of rotatable bonds is 5. The monoisotopic (exact) mass is 552 g/mol. The minimum absolute atomic E-state index is 0.0645. The maximum absolute atomic E-state index is 13.4. The largest absolute Gasteiger partial charge is 0.351 e. The molecule has 2 N–H and O–H groups in total. The third-order valence-corrected chi connectivity index (χ3v) is 9.38. The van der Waals surface area contributed by atoms with Crippen molar-refractivity contribution >= 4 is 23.3 Å². The SMILES string of the molecule is Cc1ccc(-n2nc(C3CCN(C4CCC5(CCC(=O)N5)CC4)CC3)cc2NC(=O)c2cnn3cccnc23)cc1. The van der Waals surface area contributed by atoms with Gasteiger partial charge in [0.25, 0.3) is 5.91 Å². The van der Waals surface area contributed by atoms with Gasteiger partial charge in [-0.25, -0.2) is 14.2 Å². The molecule has 2 aliphatic heterocycles. The Labute approximate surface area is 239 Å². The summed E-state index contributed by atoms with van der Waals surface area (Å²) in [6, 6.07) is 12.6. The number of carbonyl (C=O) groups is 2. The van der Waals surface area contributed by atoms with Gasteiger partial charge in [0.2, 0.25) is 5.91 Å². The van der Waals surface area contributed by atoms with Gasteiger partial charge in [0, 0.05) is 42.4 Å². The summed E-state index contributed by atoms with van der Waals surface area (Å²) < 4.78 is 3.44. The van der Waals surface area contributed by atoms with E-state index in [2.05, 4.69) is 44.7 Å². The van der Waals surface area contributed by atoms with Gasteiger partial charge in [-0.3, -0.25) is 9.59 Å². The van der Waals surface area contributed by atoms with E-state index in [4.69, 9.17) is 5.10 Å². The van der Waals surface area contributed by atoms with Gasteiger partial charge in [-0.2, -0.15) is 10.2 Å². The Morgan fingerprint density at radius 1 is 1.07 bits per heavy atom. The number of hydrogen-bond acceptors (Lipinski definition) is 6. The van der Waals surface area contributed by atoms with Crippen LogP contribution in [0.4, 0.5) is 5.82 Å². The summed E-state index contributed by atoms with van der Waals surface area (Å²) in [5.74, 6) is 0.932. The molecule has 212 valence electrons. The molecule has 3 aliphatic rings. The van der Waals surface area contributed by atoms with Crippen molar-refractivity contribution in [3.63, 3.8) is 0 Å². The molecule has 41 heavy (non-hydrogen) atoms. The zero-order valence-electron chi connectivity index (χ0n) is 23.4. The van der Waals surface area contributed by atoms with Gasteiger partial charge >= 0.3 is 0 Å². The highest BCUT2D eigenvalue weighted by atomic mass is 16.2. The van der Waals surface area contributed by atoms with Gasteiger partial charge in [-0.05, 0) is 83.2 Å². The minimum atomic E-state index is -0.262. The summed E-state index contributed by atoms with van der Waals surface area (Å²) in [7, 11) is 0. The van der Waals surface area contributed by atoms with E-state index in [9.17, 15) is 9.59 Å². The Morgan fingerprint density at radius 3 is 2.59 bits per heavy atom. The van der Waals surface area contributed by atoms with Gasteiger partial charge in [-0.1, -0.05) is 17.7 Å². The number of piperidine rings is 1. The first kappa shape index (κ1) is 25.9. The average Bonchev–Trinajstić information content (AvgIpc) is 3.71. The molecule has 1 saturated carbocycles. The van der Waals surface area contributed by atoms with Crippen LogP contribution < -0.4 is 10.6 Å². The fourth-order valence-corrected chi connectivity index (χ4v) is 6.97. The molecule has 3 fully saturated rings. The van der Waals surface area contributed by atoms with E-state index in [0.717, 1.165) is 69.4 Å². The van der Waals surface area contributed by atoms with E-state index in [-0.39, 0.29) is 17.4 Å². The predicted octanol–water partition coefficient (Wildman–Crippen LogP) is 4.25. The Balaban J connectivity index is 1.07. The summed E-state index contributed by atoms with van der Waals surface area (Å²) in [6.07, 6.45) is 13.2. The summed E-state index contributed by atoms with van der Waals surface area (Å²) in [6.45, 7) is 4.15. The van der Waals surface area contributed by atoms with Crippen LogP contribution in [0.15, 0.2) is 55.0 Å².